The van der Waals surface area contributed by atoms with Gasteiger partial charge in [0.1, 0.15) is 0 Å². The van der Waals surface area contributed by atoms with E-state index >= 15 is 0 Å². The first kappa shape index (κ1) is 20.6. The molecule has 1 N–H and O–H groups in total. The van der Waals surface area contributed by atoms with E-state index in [4.69, 9.17) is 0 Å². The number of hydrogen-bond donors (Lipinski definition) is 1. The van der Waals surface area contributed by atoms with Gasteiger partial charge in [-0.25, -0.2) is 14.2 Å². The molecule has 0 atom stereocenters. The zero-order valence-corrected chi connectivity index (χ0v) is 14.4. The van der Waals surface area contributed by atoms with Gasteiger partial charge in [-0.3, -0.25) is 0 Å². The normalized spacial score (nSPS) is 15.4. The van der Waals surface area contributed by atoms with E-state index in [1.807, 2.05) is 0 Å². The number of rotatable bonds is 3. The highest BCUT2D eigenvalue weighted by Crippen LogP contribution is 2.53. The van der Waals surface area contributed by atoms with Gasteiger partial charge in [-0.1, -0.05) is 36.4 Å². The van der Waals surface area contributed by atoms with Gasteiger partial charge in [-0.05, 0) is 23.3 Å². The molecule has 2 amide bonds. The van der Waals surface area contributed by atoms with Gasteiger partial charge in [0.15, 0.2) is 0 Å². The lowest BCUT2D eigenvalue weighted by Crippen LogP contribution is -2.50. The van der Waals surface area contributed by atoms with E-state index in [1.54, 1.807) is 30.3 Å². The zero-order valence-electron chi connectivity index (χ0n) is 14.4. The highest BCUT2D eigenvalue weighted by atomic mass is 19.4. The molecule has 0 aromatic heterocycles. The lowest BCUT2D eigenvalue weighted by molar-refractivity contribution is -0.348. The number of carbonyl (C=O) groups is 1. The Morgan fingerprint density at radius 3 is 2.14 bits per heavy atom. The Morgan fingerprint density at radius 2 is 1.55 bits per heavy atom. The maximum Gasteiger partial charge on any atom is 0.435 e. The van der Waals surface area contributed by atoms with Crippen molar-refractivity contribution in [3.8, 4) is 0 Å². The fourth-order valence-electron chi connectivity index (χ4n) is 2.73. The number of amides is 2. The molecule has 11 heteroatoms. The van der Waals surface area contributed by atoms with Crippen molar-refractivity contribution >= 4 is 17.9 Å². The van der Waals surface area contributed by atoms with Crippen LogP contribution in [-0.4, -0.2) is 29.6 Å². The Bertz CT molecular complexity index is 925. The number of urea groups is 1. The first-order valence-corrected chi connectivity index (χ1v) is 8.07. The van der Waals surface area contributed by atoms with Crippen molar-refractivity contribution in [3.63, 3.8) is 0 Å². The molecule has 0 aliphatic carbocycles. The number of hydrazone groups is 1. The minimum absolute atomic E-state index is 0.0309. The Balaban J connectivity index is 1.96. The number of benzene rings is 2. The summed E-state index contributed by atoms with van der Waals surface area (Å²) in [5.41, 5.74) is -6.75. The molecule has 0 unspecified atom stereocenters. The summed E-state index contributed by atoms with van der Waals surface area (Å²) < 4.78 is 92.1. The van der Waals surface area contributed by atoms with Gasteiger partial charge < -0.3 is 5.32 Å². The molecule has 3 rings (SSSR count). The number of fused-ring (bicyclic) bond motifs is 1. The molecule has 154 valence electrons. The van der Waals surface area contributed by atoms with Gasteiger partial charge >= 0.3 is 24.1 Å². The van der Waals surface area contributed by atoms with Gasteiger partial charge in [0.05, 0.1) is 12.8 Å². The fourth-order valence-corrected chi connectivity index (χ4v) is 2.73. The smallest absolute Gasteiger partial charge is 0.306 e. The zero-order chi connectivity index (χ0) is 21.4. The molecule has 2 aromatic rings. The second-order valence-corrected chi connectivity index (χ2v) is 6.17. The van der Waals surface area contributed by atoms with Gasteiger partial charge in [0, 0.05) is 11.3 Å². The van der Waals surface area contributed by atoms with Crippen LogP contribution in [0.3, 0.4) is 0 Å². The topological polar surface area (TPSA) is 44.7 Å². The summed E-state index contributed by atoms with van der Waals surface area (Å²) in [4.78, 5) is 12.0. The summed E-state index contributed by atoms with van der Waals surface area (Å²) in [7, 11) is 0. The van der Waals surface area contributed by atoms with E-state index in [9.17, 15) is 35.5 Å². The molecule has 0 bridgehead atoms. The highest BCUT2D eigenvalue weighted by Gasteiger charge is 2.73. The molecule has 1 heterocycles. The molecule has 0 saturated carbocycles. The molecule has 1 aliphatic rings. The number of anilines is 1. The summed E-state index contributed by atoms with van der Waals surface area (Å²) in [6.07, 6.45) is -11.1. The number of halogens is 7. The molecule has 0 fully saturated rings. The van der Waals surface area contributed by atoms with Crippen LogP contribution in [0, 0.1) is 0 Å². The van der Waals surface area contributed by atoms with E-state index in [1.165, 1.54) is 6.21 Å². The summed E-state index contributed by atoms with van der Waals surface area (Å²) in [6.45, 7) is -0.440. The number of nitrogens with zero attached hydrogens (tertiary/aromatic N) is 2. The monoisotopic (exact) mass is 419 g/mol. The molecular weight excluding hydrogens is 407 g/mol. The average Bonchev–Trinajstić information content (AvgIpc) is 2.64. The quantitative estimate of drug-likeness (QED) is 0.529. The van der Waals surface area contributed by atoms with Crippen LogP contribution < -0.4 is 5.32 Å². The lowest BCUT2D eigenvalue weighted by Gasteiger charge is -2.32. The minimum atomic E-state index is -6.22. The standard InChI is InChI=1S/C18H12F7N3O/c19-16(17(20,21)22,18(23,24)25)13-6-7-14-12(8-13)10-28(15(29)27-14)26-9-11-4-2-1-3-5-11/h1-9H,10H2,(H,27,29). The molecule has 29 heavy (non-hydrogen) atoms. The third-order valence-corrected chi connectivity index (χ3v) is 4.23. The third-order valence-electron chi connectivity index (χ3n) is 4.23. The number of alkyl halides is 7. The predicted molar refractivity (Wildman–Crippen MR) is 89.9 cm³/mol. The van der Waals surface area contributed by atoms with Crippen molar-refractivity contribution < 1.29 is 35.5 Å². The molecule has 4 nitrogen and oxygen atoms in total. The number of carbonyl (C=O) groups excluding carboxylic acids is 1. The molecule has 0 spiro atoms. The molecule has 2 aromatic carbocycles. The van der Waals surface area contributed by atoms with Gasteiger partial charge in [0.25, 0.3) is 0 Å². The van der Waals surface area contributed by atoms with Crippen molar-refractivity contribution in [2.75, 3.05) is 5.32 Å². The van der Waals surface area contributed by atoms with Crippen LogP contribution in [-0.2, 0) is 12.2 Å². The molecule has 0 saturated heterocycles. The first-order chi connectivity index (χ1) is 13.4. The van der Waals surface area contributed by atoms with E-state index in [2.05, 4.69) is 10.4 Å². The van der Waals surface area contributed by atoms with E-state index < -0.39 is 36.2 Å². The first-order valence-electron chi connectivity index (χ1n) is 8.07. The van der Waals surface area contributed by atoms with Gasteiger partial charge in [0.2, 0.25) is 0 Å². The van der Waals surface area contributed by atoms with Crippen LogP contribution in [0.4, 0.5) is 41.2 Å². The van der Waals surface area contributed by atoms with Gasteiger partial charge in [-0.2, -0.15) is 31.4 Å². The van der Waals surface area contributed by atoms with Gasteiger partial charge in [-0.15, -0.1) is 0 Å². The largest absolute Gasteiger partial charge is 0.435 e. The van der Waals surface area contributed by atoms with Crippen LogP contribution in [0.1, 0.15) is 16.7 Å². The van der Waals surface area contributed by atoms with E-state index in [-0.39, 0.29) is 11.3 Å². The number of nitrogens with one attached hydrogen (secondary N) is 1. The maximum atomic E-state index is 14.3. The van der Waals surface area contributed by atoms with Crippen molar-refractivity contribution in [2.45, 2.75) is 24.6 Å². The summed E-state index contributed by atoms with van der Waals surface area (Å²) in [5.74, 6) is 0. The summed E-state index contributed by atoms with van der Waals surface area (Å²) in [6, 6.07) is 9.32. The van der Waals surface area contributed by atoms with Crippen LogP contribution in [0.2, 0.25) is 0 Å². The molecule has 0 radical (unpaired) electrons. The summed E-state index contributed by atoms with van der Waals surface area (Å²) >= 11 is 0. The van der Waals surface area contributed by atoms with Crippen molar-refractivity contribution in [1.82, 2.24) is 5.01 Å². The predicted octanol–water partition coefficient (Wildman–Crippen LogP) is 5.36. The van der Waals surface area contributed by atoms with Crippen molar-refractivity contribution in [1.29, 1.82) is 0 Å². The Hall–Kier alpha value is -3.11. The van der Waals surface area contributed by atoms with E-state index in [0.29, 0.717) is 17.7 Å². The van der Waals surface area contributed by atoms with Crippen molar-refractivity contribution in [2.24, 2.45) is 5.10 Å². The summed E-state index contributed by atoms with van der Waals surface area (Å²) in [5, 5.41) is 6.98. The van der Waals surface area contributed by atoms with Crippen molar-refractivity contribution in [3.05, 3.63) is 65.2 Å². The Labute approximate surface area is 159 Å². The van der Waals surface area contributed by atoms with Crippen LogP contribution in [0.5, 0.6) is 0 Å². The molecular formula is C18H12F7N3O. The average molecular weight is 419 g/mol. The minimum Gasteiger partial charge on any atom is -0.306 e. The second-order valence-electron chi connectivity index (χ2n) is 6.17. The maximum absolute atomic E-state index is 14.3. The Kier molecular flexibility index (Phi) is 5.01. The highest BCUT2D eigenvalue weighted by molar-refractivity contribution is 5.93. The molecule has 1 aliphatic heterocycles. The second kappa shape index (κ2) is 7.05. The van der Waals surface area contributed by atoms with Crippen LogP contribution in [0.25, 0.3) is 0 Å². The fraction of sp³-hybridized carbons (Fsp3) is 0.222. The Morgan fingerprint density at radius 1 is 0.931 bits per heavy atom. The number of hydrogen-bond acceptors (Lipinski definition) is 2. The lowest BCUT2D eigenvalue weighted by atomic mass is 9.91. The third kappa shape index (κ3) is 3.76. The van der Waals surface area contributed by atoms with E-state index in [0.717, 1.165) is 11.1 Å². The van der Waals surface area contributed by atoms with Crippen LogP contribution in [0.15, 0.2) is 53.6 Å². The van der Waals surface area contributed by atoms with Crippen LogP contribution >= 0.6 is 0 Å². The SMILES string of the molecule is O=C1Nc2ccc(C(F)(C(F)(F)F)C(F)(F)F)cc2CN1N=Cc1ccccc1.